The number of hydrogen-bond acceptors (Lipinski definition) is 13. The molecule has 67 heavy (non-hydrogen) atoms. The van der Waals surface area contributed by atoms with Gasteiger partial charge in [-0.1, -0.05) is 212 Å². The number of hydrogen-bond donors (Lipinski definition) is 9. The molecule has 12 unspecified atom stereocenters. The lowest BCUT2D eigenvalue weighted by molar-refractivity contribution is -0.359. The standard InChI is InChI=1S/C53H101NO13/c1-3-5-7-9-11-12-13-14-15-16-17-18-19-20-21-22-23-24-25-26-27-28-29-30-31-33-35-37-45(58)54-41(42(57)36-34-32-10-8-6-4-2)40-64-52-50(63)48(61)51(44(39-56)66-52)67-53-49(62)47(60)46(59)43(38-55)65-53/h34,36,41-44,46-53,55-57,59-63H,3-33,35,37-40H2,1-2H3,(H,54,58)/b36-34+. The molecule has 14 heteroatoms. The molecule has 12 atom stereocenters. The average Bonchev–Trinajstić information content (AvgIpc) is 3.32. The third kappa shape index (κ3) is 27.2. The number of aliphatic hydroxyl groups is 8. The number of ether oxygens (including phenoxy) is 4. The van der Waals surface area contributed by atoms with Gasteiger partial charge in [0.05, 0.1) is 32.0 Å². The van der Waals surface area contributed by atoms with Crippen molar-refractivity contribution in [1.29, 1.82) is 0 Å². The molecule has 2 aliphatic rings. The van der Waals surface area contributed by atoms with Gasteiger partial charge < -0.3 is 65.1 Å². The molecule has 1 amide bonds. The number of amides is 1. The third-order valence-electron chi connectivity index (χ3n) is 13.7. The topological polar surface area (TPSA) is 228 Å². The number of allylic oxidation sites excluding steroid dienone is 1. The molecule has 2 rings (SSSR count). The van der Waals surface area contributed by atoms with Crippen molar-refractivity contribution < 1.29 is 64.6 Å². The summed E-state index contributed by atoms with van der Waals surface area (Å²) in [6.07, 6.45) is 27.5. The Labute approximate surface area is 406 Å². The smallest absolute Gasteiger partial charge is 0.220 e. The number of carbonyl (C=O) groups is 1. The summed E-state index contributed by atoms with van der Waals surface area (Å²) in [7, 11) is 0. The number of unbranched alkanes of at least 4 members (excludes halogenated alkanes) is 30. The van der Waals surface area contributed by atoms with Gasteiger partial charge >= 0.3 is 0 Å². The Bertz CT molecular complexity index is 1180. The van der Waals surface area contributed by atoms with Gasteiger partial charge in [-0.25, -0.2) is 0 Å². The van der Waals surface area contributed by atoms with E-state index in [1.807, 2.05) is 6.08 Å². The molecule has 0 spiro atoms. The Balaban J connectivity index is 1.62. The maximum absolute atomic E-state index is 13.1. The van der Waals surface area contributed by atoms with E-state index in [0.29, 0.717) is 6.42 Å². The minimum absolute atomic E-state index is 0.241. The monoisotopic (exact) mass is 960 g/mol. The third-order valence-corrected chi connectivity index (χ3v) is 13.7. The van der Waals surface area contributed by atoms with Crippen molar-refractivity contribution in [3.63, 3.8) is 0 Å². The van der Waals surface area contributed by atoms with Crippen LogP contribution in [0.1, 0.15) is 226 Å². The molecule has 0 aromatic rings. The van der Waals surface area contributed by atoms with Crippen LogP contribution in [-0.4, -0.2) is 140 Å². The summed E-state index contributed by atoms with van der Waals surface area (Å²) in [5, 5.41) is 86.4. The lowest BCUT2D eigenvalue weighted by atomic mass is 9.97. The van der Waals surface area contributed by atoms with Crippen LogP contribution in [0.3, 0.4) is 0 Å². The average molecular weight is 960 g/mol. The van der Waals surface area contributed by atoms with Crippen LogP contribution in [0.4, 0.5) is 0 Å². The highest BCUT2D eigenvalue weighted by Gasteiger charge is 2.51. The van der Waals surface area contributed by atoms with Crippen LogP contribution in [0.25, 0.3) is 0 Å². The molecule has 2 saturated heterocycles. The highest BCUT2D eigenvalue weighted by atomic mass is 16.7. The van der Waals surface area contributed by atoms with E-state index in [9.17, 15) is 45.6 Å². The summed E-state index contributed by atoms with van der Waals surface area (Å²) in [5.41, 5.74) is 0. The molecule has 0 aliphatic carbocycles. The van der Waals surface area contributed by atoms with Gasteiger partial charge in [-0.05, 0) is 19.3 Å². The highest BCUT2D eigenvalue weighted by molar-refractivity contribution is 5.76. The van der Waals surface area contributed by atoms with Gasteiger partial charge in [-0.3, -0.25) is 4.79 Å². The predicted octanol–water partition coefficient (Wildman–Crippen LogP) is 7.94. The molecule has 2 fully saturated rings. The fourth-order valence-corrected chi connectivity index (χ4v) is 9.23. The van der Waals surface area contributed by atoms with Gasteiger partial charge in [0.2, 0.25) is 5.91 Å². The Morgan fingerprint density at radius 3 is 1.37 bits per heavy atom. The second kappa shape index (κ2) is 40.3. The Hall–Kier alpha value is -1.27. The summed E-state index contributed by atoms with van der Waals surface area (Å²) in [6, 6.07) is -0.906. The van der Waals surface area contributed by atoms with Crippen LogP contribution in [0, 0.1) is 0 Å². The molecule has 0 radical (unpaired) electrons. The minimum atomic E-state index is -1.78. The molecule has 0 aromatic heterocycles. The first-order valence-corrected chi connectivity index (χ1v) is 27.4. The summed E-state index contributed by atoms with van der Waals surface area (Å²) in [6.45, 7) is 2.71. The van der Waals surface area contributed by atoms with Crippen molar-refractivity contribution in [1.82, 2.24) is 5.32 Å². The maximum atomic E-state index is 13.1. The van der Waals surface area contributed by atoms with E-state index < -0.39 is 86.8 Å². The quantitative estimate of drug-likeness (QED) is 0.0209. The molecular formula is C53H101NO13. The highest BCUT2D eigenvalue weighted by Crippen LogP contribution is 2.30. The molecular weight excluding hydrogens is 859 g/mol. The van der Waals surface area contributed by atoms with Crippen molar-refractivity contribution in [3.8, 4) is 0 Å². The number of aliphatic hydroxyl groups excluding tert-OH is 8. The molecule has 396 valence electrons. The second-order valence-electron chi connectivity index (χ2n) is 19.7. The molecule has 0 bridgehead atoms. The zero-order valence-electron chi connectivity index (χ0n) is 42.2. The van der Waals surface area contributed by atoms with Crippen LogP contribution in [0.5, 0.6) is 0 Å². The number of nitrogens with one attached hydrogen (secondary N) is 1. The summed E-state index contributed by atoms with van der Waals surface area (Å²) >= 11 is 0. The van der Waals surface area contributed by atoms with Crippen LogP contribution in [0.2, 0.25) is 0 Å². The van der Waals surface area contributed by atoms with Gasteiger partial charge in [0.15, 0.2) is 12.6 Å². The molecule has 2 aliphatic heterocycles. The van der Waals surface area contributed by atoms with E-state index in [1.165, 1.54) is 148 Å². The van der Waals surface area contributed by atoms with E-state index in [4.69, 9.17) is 18.9 Å². The normalized spacial score (nSPS) is 26.6. The van der Waals surface area contributed by atoms with Crippen molar-refractivity contribution in [2.75, 3.05) is 19.8 Å². The van der Waals surface area contributed by atoms with Crippen LogP contribution in [0.15, 0.2) is 12.2 Å². The van der Waals surface area contributed by atoms with E-state index >= 15 is 0 Å². The first-order valence-electron chi connectivity index (χ1n) is 27.4. The SMILES string of the molecule is CCCCCC/C=C/C(O)C(COC1OC(CO)C(OC2OC(CO)C(O)C(O)C2O)C(O)C1O)NC(=O)CCCCCCCCCCCCCCCCCCCCCCCCCCCCC. The lowest BCUT2D eigenvalue weighted by Gasteiger charge is -2.46. The second-order valence-corrected chi connectivity index (χ2v) is 19.7. The minimum Gasteiger partial charge on any atom is -0.394 e. The summed E-state index contributed by atoms with van der Waals surface area (Å²) in [4.78, 5) is 13.1. The Morgan fingerprint density at radius 1 is 0.522 bits per heavy atom. The zero-order chi connectivity index (χ0) is 48.9. The van der Waals surface area contributed by atoms with Gasteiger partial charge in [-0.2, -0.15) is 0 Å². The molecule has 0 saturated carbocycles. The van der Waals surface area contributed by atoms with Gasteiger partial charge in [0.1, 0.15) is 48.8 Å². The number of carbonyl (C=O) groups excluding carboxylic acids is 1. The first kappa shape index (κ1) is 61.8. The van der Waals surface area contributed by atoms with Gasteiger partial charge in [0, 0.05) is 6.42 Å². The van der Waals surface area contributed by atoms with Crippen molar-refractivity contribution in [3.05, 3.63) is 12.2 Å². The largest absolute Gasteiger partial charge is 0.394 e. The molecule has 14 nitrogen and oxygen atoms in total. The Kier molecular flexibility index (Phi) is 37.2. The van der Waals surface area contributed by atoms with Crippen LogP contribution < -0.4 is 5.32 Å². The zero-order valence-corrected chi connectivity index (χ0v) is 42.2. The van der Waals surface area contributed by atoms with E-state index in [0.717, 1.165) is 51.4 Å². The van der Waals surface area contributed by atoms with Crippen molar-refractivity contribution >= 4 is 5.91 Å². The van der Waals surface area contributed by atoms with Gasteiger partial charge in [-0.15, -0.1) is 0 Å². The van der Waals surface area contributed by atoms with E-state index in [1.54, 1.807) is 6.08 Å². The number of rotatable bonds is 43. The van der Waals surface area contributed by atoms with Crippen LogP contribution in [-0.2, 0) is 23.7 Å². The molecule has 2 heterocycles. The van der Waals surface area contributed by atoms with Gasteiger partial charge in [0.25, 0.3) is 0 Å². The predicted molar refractivity (Wildman–Crippen MR) is 263 cm³/mol. The van der Waals surface area contributed by atoms with Crippen molar-refractivity contribution in [2.24, 2.45) is 0 Å². The van der Waals surface area contributed by atoms with Crippen LogP contribution >= 0.6 is 0 Å². The maximum Gasteiger partial charge on any atom is 0.220 e. The summed E-state index contributed by atoms with van der Waals surface area (Å²) < 4.78 is 22.6. The van der Waals surface area contributed by atoms with Crippen molar-refractivity contribution in [2.45, 2.75) is 299 Å². The Morgan fingerprint density at radius 2 is 0.925 bits per heavy atom. The lowest BCUT2D eigenvalue weighted by Crippen LogP contribution is -2.65. The summed E-state index contributed by atoms with van der Waals surface area (Å²) in [5.74, 6) is -0.241. The fraction of sp³-hybridized carbons (Fsp3) is 0.943. The fourth-order valence-electron chi connectivity index (χ4n) is 9.23. The molecule has 0 aromatic carbocycles. The molecule has 9 N–H and O–H groups in total. The van der Waals surface area contributed by atoms with E-state index in [-0.39, 0.29) is 18.9 Å². The first-order chi connectivity index (χ1) is 32.6. The van der Waals surface area contributed by atoms with E-state index in [2.05, 4.69) is 19.2 Å².